The summed E-state index contributed by atoms with van der Waals surface area (Å²) in [4.78, 5) is 36.0. The van der Waals surface area contributed by atoms with Crippen LogP contribution in [0.25, 0.3) is 0 Å². The van der Waals surface area contributed by atoms with Crippen LogP contribution >= 0.6 is 7.82 Å². The van der Waals surface area contributed by atoms with Gasteiger partial charge >= 0.3 is 19.8 Å². The Hall–Kier alpha value is -1.77. The third kappa shape index (κ3) is 77.1. The molecule has 0 bridgehead atoms. The third-order valence-electron chi connectivity index (χ3n) is 18.4. The first-order valence-corrected chi connectivity index (χ1v) is 41.7. The summed E-state index contributed by atoms with van der Waals surface area (Å²) in [6.07, 6.45) is 94.5. The number of carbonyl (C=O) groups excluding carboxylic acids is 2. The van der Waals surface area contributed by atoms with Crippen molar-refractivity contribution in [2.45, 2.75) is 424 Å². The highest BCUT2D eigenvalue weighted by atomic mass is 31.2. The van der Waals surface area contributed by atoms with Crippen LogP contribution in [0.3, 0.4) is 0 Å². The molecule has 2 atom stereocenters. The standard InChI is InChI=1S/C81H156NO8P/c1-6-8-10-12-14-16-18-20-22-24-26-28-30-32-34-35-36-37-38-39-40-41-42-43-44-45-46-48-49-51-53-55-57-59-61-63-65-67-69-71-73-80(83)87-77-79(78-89-91(85,86)88-76-75-82(3,4)5)90-81(84)74-72-70-68-66-64-62-60-58-56-54-52-50-47-33-31-29-27-25-23-21-19-17-15-13-11-9-7-2/h19,21,25,27,31,33,79H,6-18,20,22-24,26,28-30,32,34-78H2,1-5H3/p+1/b21-19-,27-25-,33-31-. The first-order valence-electron chi connectivity index (χ1n) is 40.2. The van der Waals surface area contributed by atoms with Gasteiger partial charge in [-0.3, -0.25) is 18.6 Å². The Morgan fingerprint density at radius 1 is 0.341 bits per heavy atom. The first-order chi connectivity index (χ1) is 44.5. The molecule has 0 heterocycles. The summed E-state index contributed by atoms with van der Waals surface area (Å²) in [5.74, 6) is -0.778. The molecule has 0 radical (unpaired) electrons. The maximum atomic E-state index is 12.9. The molecule has 0 fully saturated rings. The number of nitrogens with zero attached hydrogens (tertiary/aromatic N) is 1. The Bertz CT molecular complexity index is 1630. The number of quaternary nitrogens is 1. The summed E-state index contributed by atoms with van der Waals surface area (Å²) in [7, 11) is 1.50. The quantitative estimate of drug-likeness (QED) is 0.0211. The lowest BCUT2D eigenvalue weighted by Gasteiger charge is -2.24. The molecule has 0 aromatic rings. The van der Waals surface area contributed by atoms with E-state index in [4.69, 9.17) is 18.5 Å². The smallest absolute Gasteiger partial charge is 0.462 e. The molecule has 0 amide bonds. The van der Waals surface area contributed by atoms with Gasteiger partial charge in [0.1, 0.15) is 19.8 Å². The van der Waals surface area contributed by atoms with Crippen LogP contribution < -0.4 is 0 Å². The fourth-order valence-electron chi connectivity index (χ4n) is 12.3. The maximum Gasteiger partial charge on any atom is 0.472 e. The van der Waals surface area contributed by atoms with Crippen LogP contribution in [-0.2, 0) is 32.7 Å². The number of unbranched alkanes of at least 4 members (excludes halogenated alkanes) is 56. The zero-order valence-electron chi connectivity index (χ0n) is 61.6. The molecule has 538 valence electrons. The Labute approximate surface area is 567 Å². The summed E-state index contributed by atoms with van der Waals surface area (Å²) >= 11 is 0. The number of esters is 2. The van der Waals surface area contributed by atoms with E-state index in [1.165, 1.54) is 340 Å². The van der Waals surface area contributed by atoms with Gasteiger partial charge in [0.05, 0.1) is 27.7 Å². The predicted octanol–water partition coefficient (Wildman–Crippen LogP) is 26.6. The van der Waals surface area contributed by atoms with Crippen molar-refractivity contribution in [2.75, 3.05) is 47.5 Å². The molecule has 0 aliphatic rings. The molecule has 0 rings (SSSR count). The highest BCUT2D eigenvalue weighted by Crippen LogP contribution is 2.43. The average Bonchev–Trinajstić information content (AvgIpc) is 3.74. The number of allylic oxidation sites excluding steroid dienone is 6. The Kier molecular flexibility index (Phi) is 71.1. The summed E-state index contributed by atoms with van der Waals surface area (Å²) in [6.45, 7) is 4.50. The number of hydrogen-bond acceptors (Lipinski definition) is 7. The van der Waals surface area contributed by atoms with Crippen LogP contribution in [0.1, 0.15) is 418 Å². The van der Waals surface area contributed by atoms with Gasteiger partial charge in [-0.15, -0.1) is 0 Å². The number of likely N-dealkylation sites (N-methyl/N-ethyl adjacent to an activating group) is 1. The number of rotatable bonds is 76. The maximum absolute atomic E-state index is 12.9. The number of hydrogen-bond donors (Lipinski definition) is 1. The molecule has 91 heavy (non-hydrogen) atoms. The molecular formula is C81H157NO8P+. The molecule has 0 saturated heterocycles. The fourth-order valence-corrected chi connectivity index (χ4v) is 13.0. The average molecular weight is 1300 g/mol. The lowest BCUT2D eigenvalue weighted by Crippen LogP contribution is -2.37. The van der Waals surface area contributed by atoms with Crippen LogP contribution in [0.15, 0.2) is 36.5 Å². The molecule has 0 saturated carbocycles. The largest absolute Gasteiger partial charge is 0.472 e. The van der Waals surface area contributed by atoms with Crippen LogP contribution in [-0.4, -0.2) is 74.9 Å². The third-order valence-corrected chi connectivity index (χ3v) is 19.4. The summed E-state index contributed by atoms with van der Waals surface area (Å²) in [6, 6.07) is 0. The Morgan fingerprint density at radius 2 is 0.593 bits per heavy atom. The van der Waals surface area contributed by atoms with Crippen molar-refractivity contribution >= 4 is 19.8 Å². The van der Waals surface area contributed by atoms with E-state index in [1.54, 1.807) is 0 Å². The molecule has 9 nitrogen and oxygen atoms in total. The van der Waals surface area contributed by atoms with Crippen molar-refractivity contribution in [2.24, 2.45) is 0 Å². The van der Waals surface area contributed by atoms with E-state index >= 15 is 0 Å². The summed E-state index contributed by atoms with van der Waals surface area (Å²) in [5, 5.41) is 0. The predicted molar refractivity (Wildman–Crippen MR) is 395 cm³/mol. The van der Waals surface area contributed by atoms with Gasteiger partial charge in [0, 0.05) is 12.8 Å². The molecule has 0 aromatic heterocycles. The first kappa shape index (κ1) is 89.2. The second kappa shape index (κ2) is 72.5. The highest BCUT2D eigenvalue weighted by Gasteiger charge is 2.27. The molecule has 10 heteroatoms. The molecule has 1 N–H and O–H groups in total. The fraction of sp³-hybridized carbons (Fsp3) is 0.901. The molecule has 2 unspecified atom stereocenters. The van der Waals surface area contributed by atoms with Gasteiger partial charge in [-0.25, -0.2) is 4.57 Å². The topological polar surface area (TPSA) is 108 Å². The number of phosphoric acid groups is 1. The van der Waals surface area contributed by atoms with Gasteiger partial charge in [-0.1, -0.05) is 391 Å². The molecule has 0 aromatic carbocycles. The van der Waals surface area contributed by atoms with E-state index in [0.29, 0.717) is 23.9 Å². The minimum Gasteiger partial charge on any atom is -0.462 e. The van der Waals surface area contributed by atoms with Crippen LogP contribution in [0.2, 0.25) is 0 Å². The van der Waals surface area contributed by atoms with Crippen molar-refractivity contribution in [3.63, 3.8) is 0 Å². The van der Waals surface area contributed by atoms with Crippen molar-refractivity contribution in [3.8, 4) is 0 Å². The second-order valence-corrected chi connectivity index (χ2v) is 30.3. The lowest BCUT2D eigenvalue weighted by molar-refractivity contribution is -0.870. The Morgan fingerprint density at radius 3 is 0.879 bits per heavy atom. The van der Waals surface area contributed by atoms with E-state index in [-0.39, 0.29) is 25.6 Å². The summed E-state index contributed by atoms with van der Waals surface area (Å²) in [5.41, 5.74) is 0. The minimum atomic E-state index is -4.39. The second-order valence-electron chi connectivity index (χ2n) is 28.8. The summed E-state index contributed by atoms with van der Waals surface area (Å²) < 4.78 is 34.8. The van der Waals surface area contributed by atoms with Gasteiger partial charge in [0.15, 0.2) is 6.10 Å². The minimum absolute atomic E-state index is 0.0335. The highest BCUT2D eigenvalue weighted by molar-refractivity contribution is 7.47. The zero-order valence-corrected chi connectivity index (χ0v) is 62.5. The lowest BCUT2D eigenvalue weighted by atomic mass is 10.0. The molecule has 0 aliphatic heterocycles. The van der Waals surface area contributed by atoms with Crippen LogP contribution in [0, 0.1) is 0 Å². The van der Waals surface area contributed by atoms with E-state index in [1.807, 2.05) is 21.1 Å². The van der Waals surface area contributed by atoms with E-state index in [2.05, 4.69) is 50.3 Å². The number of phosphoric ester groups is 1. The zero-order chi connectivity index (χ0) is 66.2. The van der Waals surface area contributed by atoms with E-state index < -0.39 is 26.5 Å². The van der Waals surface area contributed by atoms with Crippen molar-refractivity contribution in [1.29, 1.82) is 0 Å². The van der Waals surface area contributed by atoms with Gasteiger partial charge in [-0.2, -0.15) is 0 Å². The van der Waals surface area contributed by atoms with Crippen LogP contribution in [0.5, 0.6) is 0 Å². The number of carbonyl (C=O) groups is 2. The van der Waals surface area contributed by atoms with Gasteiger partial charge in [0.2, 0.25) is 0 Å². The van der Waals surface area contributed by atoms with Crippen molar-refractivity contribution in [3.05, 3.63) is 36.5 Å². The van der Waals surface area contributed by atoms with Crippen molar-refractivity contribution < 1.29 is 42.1 Å². The van der Waals surface area contributed by atoms with Gasteiger partial charge in [0.25, 0.3) is 0 Å². The number of ether oxygens (including phenoxy) is 2. The molecule has 0 aliphatic carbocycles. The normalized spacial score (nSPS) is 13.2. The Balaban J connectivity index is 3.88. The molecular weight excluding hydrogens is 1150 g/mol. The van der Waals surface area contributed by atoms with Crippen LogP contribution in [0.4, 0.5) is 0 Å². The SMILES string of the molecule is CCCCCCC/C=C\C/C=C\C/C=C\CCCCCCCCCCCCCCC(=O)OC(COC(=O)CCCCCCCCCCCCCCCCCCCCCCCCCCCCCCCCCCCCCCCCCC)COP(=O)(O)OCC[N+](C)(C)C. The van der Waals surface area contributed by atoms with E-state index in [0.717, 1.165) is 44.9 Å². The van der Waals surface area contributed by atoms with Gasteiger partial charge < -0.3 is 18.9 Å². The van der Waals surface area contributed by atoms with E-state index in [9.17, 15) is 19.0 Å². The molecule has 0 spiro atoms. The monoisotopic (exact) mass is 1300 g/mol. The van der Waals surface area contributed by atoms with Crippen molar-refractivity contribution in [1.82, 2.24) is 0 Å². The van der Waals surface area contributed by atoms with Gasteiger partial charge in [-0.05, 0) is 51.4 Å².